The molecule has 31 heavy (non-hydrogen) atoms. The summed E-state index contributed by atoms with van der Waals surface area (Å²) >= 11 is 0. The molecule has 0 saturated carbocycles. The summed E-state index contributed by atoms with van der Waals surface area (Å²) in [5, 5.41) is 0. The Balaban J connectivity index is 1.66. The molecular formula is C24H21F2N3O2. The third kappa shape index (κ3) is 4.40. The van der Waals surface area contributed by atoms with E-state index in [1.54, 1.807) is 37.8 Å². The maximum Gasteiger partial charge on any atom is 0.168 e. The van der Waals surface area contributed by atoms with Gasteiger partial charge in [0.1, 0.15) is 23.9 Å². The Morgan fingerprint density at radius 2 is 1.81 bits per heavy atom. The summed E-state index contributed by atoms with van der Waals surface area (Å²) in [6.45, 7) is 1.96. The van der Waals surface area contributed by atoms with Crippen molar-refractivity contribution < 1.29 is 18.3 Å². The van der Waals surface area contributed by atoms with Crippen molar-refractivity contribution in [3.63, 3.8) is 0 Å². The van der Waals surface area contributed by atoms with Crippen LogP contribution in [0.4, 0.5) is 8.78 Å². The normalized spacial score (nSPS) is 11.9. The van der Waals surface area contributed by atoms with Crippen LogP contribution in [0.5, 0.6) is 11.5 Å². The van der Waals surface area contributed by atoms with E-state index in [0.717, 1.165) is 11.6 Å². The zero-order valence-corrected chi connectivity index (χ0v) is 17.1. The third-order valence-electron chi connectivity index (χ3n) is 5.01. The molecule has 5 nitrogen and oxygen atoms in total. The van der Waals surface area contributed by atoms with Crippen molar-refractivity contribution in [2.45, 2.75) is 19.6 Å². The van der Waals surface area contributed by atoms with Gasteiger partial charge in [0.15, 0.2) is 17.4 Å². The van der Waals surface area contributed by atoms with Crippen LogP contribution in [-0.2, 0) is 6.61 Å². The second-order valence-electron chi connectivity index (χ2n) is 6.99. The Bertz CT molecular complexity index is 1160. The lowest BCUT2D eigenvalue weighted by molar-refractivity contribution is 0.283. The number of rotatable bonds is 7. The van der Waals surface area contributed by atoms with Gasteiger partial charge >= 0.3 is 0 Å². The summed E-state index contributed by atoms with van der Waals surface area (Å²) < 4.78 is 41.6. The molecule has 0 fully saturated rings. The van der Waals surface area contributed by atoms with E-state index in [1.165, 1.54) is 6.07 Å². The first-order valence-corrected chi connectivity index (χ1v) is 9.75. The molecule has 0 radical (unpaired) electrons. The van der Waals surface area contributed by atoms with Crippen LogP contribution in [0.3, 0.4) is 0 Å². The molecule has 0 amide bonds. The fraction of sp³-hybridized carbons (Fsp3) is 0.167. The standard InChI is InChI=1S/C24H21F2N3O2/c1-16(29-12-11-28-24(29)22-5-3-4-10-27-22)20-13-18(25)14-21(26)23(20)31-15-17-6-8-19(30-2)9-7-17/h3-14,16H,15H2,1-2H3. The number of imidazole rings is 1. The zero-order valence-electron chi connectivity index (χ0n) is 17.1. The van der Waals surface area contributed by atoms with Crippen LogP contribution in [-0.4, -0.2) is 21.6 Å². The molecule has 4 aromatic rings. The number of aromatic nitrogens is 3. The monoisotopic (exact) mass is 421 g/mol. The van der Waals surface area contributed by atoms with Crippen molar-refractivity contribution in [2.75, 3.05) is 7.11 Å². The smallest absolute Gasteiger partial charge is 0.168 e. The van der Waals surface area contributed by atoms with Crippen LogP contribution < -0.4 is 9.47 Å². The second kappa shape index (κ2) is 8.95. The molecule has 0 spiro atoms. The van der Waals surface area contributed by atoms with Crippen LogP contribution in [0.2, 0.25) is 0 Å². The number of hydrogen-bond acceptors (Lipinski definition) is 4. The lowest BCUT2D eigenvalue weighted by Gasteiger charge is -2.21. The zero-order chi connectivity index (χ0) is 21.8. The Labute approximate surface area is 178 Å². The third-order valence-corrected chi connectivity index (χ3v) is 5.01. The van der Waals surface area contributed by atoms with Gasteiger partial charge in [0.25, 0.3) is 0 Å². The topological polar surface area (TPSA) is 49.2 Å². The molecule has 2 heterocycles. The van der Waals surface area contributed by atoms with E-state index in [4.69, 9.17) is 9.47 Å². The summed E-state index contributed by atoms with van der Waals surface area (Å²) in [5.41, 5.74) is 1.87. The molecule has 2 aromatic carbocycles. The van der Waals surface area contributed by atoms with Crippen LogP contribution in [0.15, 0.2) is 73.2 Å². The highest BCUT2D eigenvalue weighted by Crippen LogP contribution is 2.34. The predicted octanol–water partition coefficient (Wildman–Crippen LogP) is 5.42. The minimum atomic E-state index is -0.755. The molecule has 0 aliphatic carbocycles. The number of ether oxygens (including phenoxy) is 2. The predicted molar refractivity (Wildman–Crippen MR) is 113 cm³/mol. The Kier molecular flexibility index (Phi) is 5.93. The van der Waals surface area contributed by atoms with Gasteiger partial charge in [-0.1, -0.05) is 18.2 Å². The van der Waals surface area contributed by atoms with Crippen molar-refractivity contribution in [3.8, 4) is 23.0 Å². The van der Waals surface area contributed by atoms with E-state index in [2.05, 4.69) is 9.97 Å². The minimum absolute atomic E-state index is 0.00499. The molecule has 0 N–H and O–H groups in total. The molecule has 0 bridgehead atoms. The summed E-state index contributed by atoms with van der Waals surface area (Å²) in [7, 11) is 1.59. The van der Waals surface area contributed by atoms with E-state index in [0.29, 0.717) is 22.8 Å². The molecule has 1 unspecified atom stereocenters. The Morgan fingerprint density at radius 3 is 2.52 bits per heavy atom. The molecular weight excluding hydrogens is 400 g/mol. The molecule has 0 saturated heterocycles. The highest BCUT2D eigenvalue weighted by molar-refractivity contribution is 5.50. The van der Waals surface area contributed by atoms with Crippen LogP contribution in [0.25, 0.3) is 11.5 Å². The van der Waals surface area contributed by atoms with Gasteiger partial charge < -0.3 is 14.0 Å². The quantitative estimate of drug-likeness (QED) is 0.400. The molecule has 4 rings (SSSR count). The van der Waals surface area contributed by atoms with E-state index in [9.17, 15) is 8.78 Å². The average molecular weight is 421 g/mol. The van der Waals surface area contributed by atoms with E-state index in [-0.39, 0.29) is 12.4 Å². The largest absolute Gasteiger partial charge is 0.497 e. The number of methoxy groups -OCH3 is 1. The van der Waals surface area contributed by atoms with Gasteiger partial charge in [-0.3, -0.25) is 4.98 Å². The first kappa shape index (κ1) is 20.5. The number of benzene rings is 2. The second-order valence-corrected chi connectivity index (χ2v) is 6.99. The number of pyridine rings is 1. The maximum atomic E-state index is 14.7. The fourth-order valence-electron chi connectivity index (χ4n) is 3.39. The van der Waals surface area contributed by atoms with Gasteiger partial charge in [-0.25, -0.2) is 13.8 Å². The van der Waals surface area contributed by atoms with E-state index >= 15 is 0 Å². The Hall–Kier alpha value is -3.74. The molecule has 7 heteroatoms. The van der Waals surface area contributed by atoms with Gasteiger partial charge in [0.05, 0.1) is 13.2 Å². The highest BCUT2D eigenvalue weighted by atomic mass is 19.1. The SMILES string of the molecule is COc1ccc(COc2c(F)cc(F)cc2C(C)n2ccnc2-c2ccccn2)cc1. The molecule has 0 aliphatic rings. The van der Waals surface area contributed by atoms with Crippen molar-refractivity contribution in [3.05, 3.63) is 95.9 Å². The lowest BCUT2D eigenvalue weighted by atomic mass is 10.1. The Morgan fingerprint density at radius 1 is 1.00 bits per heavy atom. The lowest BCUT2D eigenvalue weighted by Crippen LogP contribution is -2.12. The number of hydrogen-bond donors (Lipinski definition) is 0. The fourth-order valence-corrected chi connectivity index (χ4v) is 3.39. The molecule has 1 atom stereocenters. The van der Waals surface area contributed by atoms with Gasteiger partial charge in [-0.2, -0.15) is 0 Å². The highest BCUT2D eigenvalue weighted by Gasteiger charge is 2.22. The van der Waals surface area contributed by atoms with Crippen molar-refractivity contribution in [1.29, 1.82) is 0 Å². The maximum absolute atomic E-state index is 14.7. The van der Waals surface area contributed by atoms with Crippen molar-refractivity contribution in [2.24, 2.45) is 0 Å². The van der Waals surface area contributed by atoms with E-state index < -0.39 is 17.7 Å². The number of nitrogens with zero attached hydrogens (tertiary/aromatic N) is 3. The number of halogens is 2. The summed E-state index contributed by atoms with van der Waals surface area (Å²) in [6.07, 6.45) is 5.06. The average Bonchev–Trinajstić information content (AvgIpc) is 3.28. The minimum Gasteiger partial charge on any atom is -0.497 e. The van der Waals surface area contributed by atoms with Crippen LogP contribution in [0.1, 0.15) is 24.1 Å². The van der Waals surface area contributed by atoms with Crippen LogP contribution >= 0.6 is 0 Å². The van der Waals surface area contributed by atoms with Gasteiger partial charge in [0.2, 0.25) is 0 Å². The first-order valence-electron chi connectivity index (χ1n) is 9.75. The summed E-state index contributed by atoms with van der Waals surface area (Å²) in [6, 6.07) is 14.4. The van der Waals surface area contributed by atoms with Gasteiger partial charge in [-0.15, -0.1) is 0 Å². The van der Waals surface area contributed by atoms with Gasteiger partial charge in [-0.05, 0) is 42.8 Å². The van der Waals surface area contributed by atoms with Crippen LogP contribution in [0, 0.1) is 11.6 Å². The molecule has 2 aromatic heterocycles. The molecule has 0 aliphatic heterocycles. The summed E-state index contributed by atoms with van der Waals surface area (Å²) in [4.78, 5) is 8.71. The van der Waals surface area contributed by atoms with Crippen molar-refractivity contribution in [1.82, 2.24) is 14.5 Å². The molecule has 158 valence electrons. The van der Waals surface area contributed by atoms with Crippen molar-refractivity contribution >= 4 is 0 Å². The van der Waals surface area contributed by atoms with Gasteiger partial charge in [0, 0.05) is 30.2 Å². The first-order chi connectivity index (χ1) is 15.1. The summed E-state index contributed by atoms with van der Waals surface area (Å²) in [5.74, 6) is -0.108. The van der Waals surface area contributed by atoms with E-state index in [1.807, 2.05) is 41.8 Å².